The van der Waals surface area contributed by atoms with Crippen LogP contribution in [0.4, 0.5) is 0 Å². The molecule has 1 aliphatic heterocycles. The Bertz CT molecular complexity index is 1550. The third kappa shape index (κ3) is 7.25. The molecule has 0 amide bonds. The van der Waals surface area contributed by atoms with Gasteiger partial charge in [-0.25, -0.2) is 4.79 Å². The van der Waals surface area contributed by atoms with Crippen molar-refractivity contribution >= 4 is 28.5 Å². The Balaban J connectivity index is 0.000000782. The Morgan fingerprint density at radius 2 is 1.86 bits per heavy atom. The van der Waals surface area contributed by atoms with E-state index in [9.17, 15) is 9.90 Å². The van der Waals surface area contributed by atoms with Crippen molar-refractivity contribution < 1.29 is 19.4 Å². The van der Waals surface area contributed by atoms with Gasteiger partial charge in [-0.1, -0.05) is 43.6 Å². The molecule has 0 unspecified atom stereocenters. The summed E-state index contributed by atoms with van der Waals surface area (Å²) in [5.74, 6) is -0.120. The molecule has 0 saturated carbocycles. The molecular weight excluding hydrogens is 564 g/mol. The summed E-state index contributed by atoms with van der Waals surface area (Å²) >= 11 is 6.30. The molecule has 0 atom stereocenters. The third-order valence-corrected chi connectivity index (χ3v) is 8.50. The maximum Gasteiger partial charge on any atom is 0.352 e. The molecule has 0 aliphatic carbocycles. The Labute approximate surface area is 259 Å². The van der Waals surface area contributed by atoms with Gasteiger partial charge >= 0.3 is 5.97 Å². The molecule has 9 heteroatoms. The van der Waals surface area contributed by atoms with Crippen LogP contribution in [0.5, 0.6) is 5.75 Å². The van der Waals surface area contributed by atoms with Crippen LogP contribution in [0.25, 0.3) is 22.0 Å². The Morgan fingerprint density at radius 3 is 2.51 bits per heavy atom. The van der Waals surface area contributed by atoms with Gasteiger partial charge in [-0.3, -0.25) is 4.68 Å². The zero-order chi connectivity index (χ0) is 31.1. The summed E-state index contributed by atoms with van der Waals surface area (Å²) in [6.45, 7) is 14.5. The number of ether oxygens (including phenoxy) is 2. The summed E-state index contributed by atoms with van der Waals surface area (Å²) in [5, 5.41) is 19.9. The van der Waals surface area contributed by atoms with Crippen LogP contribution in [0.15, 0.2) is 30.3 Å². The van der Waals surface area contributed by atoms with Gasteiger partial charge in [-0.2, -0.15) is 5.10 Å². The molecule has 0 radical (unpaired) electrons. The lowest BCUT2D eigenvalue weighted by Crippen LogP contribution is -2.12. The lowest BCUT2D eigenvalue weighted by Gasteiger charge is -2.12. The molecule has 2 N–H and O–H groups in total. The summed E-state index contributed by atoms with van der Waals surface area (Å²) < 4.78 is 15.9. The summed E-state index contributed by atoms with van der Waals surface area (Å²) in [4.78, 5) is 12.7. The lowest BCUT2D eigenvalue weighted by atomic mass is 9.98. The molecule has 232 valence electrons. The number of hydrogen-bond donors (Lipinski definition) is 2. The van der Waals surface area contributed by atoms with Crippen molar-refractivity contribution in [2.45, 2.75) is 73.5 Å². The predicted octanol–water partition coefficient (Wildman–Crippen LogP) is 7.26. The molecule has 2 aromatic heterocycles. The van der Waals surface area contributed by atoms with Crippen molar-refractivity contribution in [2.24, 2.45) is 7.05 Å². The molecule has 0 bridgehead atoms. The topological polar surface area (TPSA) is 90.5 Å². The number of nitrogens with one attached hydrogen (secondary N) is 1. The Morgan fingerprint density at radius 1 is 1.14 bits per heavy atom. The summed E-state index contributed by atoms with van der Waals surface area (Å²) in [5.41, 5.74) is 8.10. The number of benzene rings is 2. The minimum absolute atomic E-state index is 0.369. The van der Waals surface area contributed by atoms with Gasteiger partial charge in [0.15, 0.2) is 0 Å². The van der Waals surface area contributed by atoms with Gasteiger partial charge in [0.1, 0.15) is 11.4 Å². The maximum absolute atomic E-state index is 12.7. The number of hydrogen-bond acceptors (Lipinski definition) is 5. The number of aromatic carboxylic acids is 1. The van der Waals surface area contributed by atoms with Gasteiger partial charge in [-0.15, -0.1) is 0 Å². The van der Waals surface area contributed by atoms with Crippen molar-refractivity contribution in [1.82, 2.24) is 19.7 Å². The fourth-order valence-electron chi connectivity index (χ4n) is 5.95. The molecule has 2 aromatic carbocycles. The van der Waals surface area contributed by atoms with E-state index in [2.05, 4.69) is 30.3 Å². The standard InChI is InChI=1S/C30H34ClN3O4.C4H11N/c1-18-15-21(16-19(2)27(18)31)38-14-8-11-23-22-9-7-10-24-26-20(3)32-33(4)25(26)17-37-13-6-5-12-34(28(22)24)29(23)30(35)36;1-3-5-4-2/h7,9-10,15-16H,5-6,8,11-14,17H2,1-4H3,(H,35,36);5H,3-4H2,1-2H3. The van der Waals surface area contributed by atoms with Crippen LogP contribution in [-0.4, -0.2) is 51.7 Å². The highest BCUT2D eigenvalue weighted by Gasteiger charge is 2.27. The highest BCUT2D eigenvalue weighted by atomic mass is 35.5. The molecule has 4 aromatic rings. The molecule has 8 nitrogen and oxygen atoms in total. The molecule has 0 fully saturated rings. The summed E-state index contributed by atoms with van der Waals surface area (Å²) in [6.07, 6.45) is 2.98. The quantitative estimate of drug-likeness (QED) is 0.205. The van der Waals surface area contributed by atoms with Gasteiger partial charge in [0.25, 0.3) is 0 Å². The largest absolute Gasteiger partial charge is 0.494 e. The number of halogens is 1. The number of rotatable bonds is 8. The van der Waals surface area contributed by atoms with Crippen molar-refractivity contribution in [3.63, 3.8) is 0 Å². The fourth-order valence-corrected chi connectivity index (χ4v) is 6.06. The second kappa shape index (κ2) is 14.9. The van der Waals surface area contributed by atoms with Gasteiger partial charge in [0.2, 0.25) is 0 Å². The zero-order valence-corrected chi connectivity index (χ0v) is 27.1. The van der Waals surface area contributed by atoms with E-state index < -0.39 is 5.97 Å². The number of carbonyl (C=O) groups is 1. The van der Waals surface area contributed by atoms with Crippen molar-refractivity contribution in [1.29, 1.82) is 0 Å². The van der Waals surface area contributed by atoms with Crippen molar-refractivity contribution in [3.8, 4) is 16.9 Å². The predicted molar refractivity (Wildman–Crippen MR) is 174 cm³/mol. The van der Waals surface area contributed by atoms with Crippen LogP contribution in [0, 0.1) is 20.8 Å². The maximum atomic E-state index is 12.7. The molecule has 0 saturated heterocycles. The third-order valence-electron chi connectivity index (χ3n) is 7.91. The van der Waals surface area contributed by atoms with E-state index in [0.29, 0.717) is 44.9 Å². The van der Waals surface area contributed by atoms with Crippen LogP contribution < -0.4 is 10.1 Å². The zero-order valence-electron chi connectivity index (χ0n) is 26.3. The van der Waals surface area contributed by atoms with Crippen LogP contribution in [0.3, 0.4) is 0 Å². The number of carboxylic acid groups (broad SMARTS) is 1. The van der Waals surface area contributed by atoms with Crippen molar-refractivity contribution in [2.75, 3.05) is 26.3 Å². The highest BCUT2D eigenvalue weighted by Crippen LogP contribution is 2.39. The SMILES string of the molecule is CCNCC.Cc1cc(OCCCc2c(C(=O)O)n3c4c(cccc24)-c2c(C)nn(C)c2COCCCC3)cc(C)c1Cl. The highest BCUT2D eigenvalue weighted by molar-refractivity contribution is 6.32. The van der Waals surface area contributed by atoms with E-state index >= 15 is 0 Å². The molecule has 1 aliphatic rings. The normalized spacial score (nSPS) is 13.2. The average Bonchev–Trinajstić information content (AvgIpc) is 3.43. The monoisotopic (exact) mass is 608 g/mol. The first-order chi connectivity index (χ1) is 20.7. The molecule has 5 rings (SSSR count). The average molecular weight is 609 g/mol. The van der Waals surface area contributed by atoms with E-state index in [1.54, 1.807) is 0 Å². The van der Waals surface area contributed by atoms with Crippen molar-refractivity contribution in [3.05, 3.63) is 69.1 Å². The van der Waals surface area contributed by atoms with Gasteiger partial charge in [0, 0.05) is 41.7 Å². The second-order valence-corrected chi connectivity index (χ2v) is 11.4. The first-order valence-corrected chi connectivity index (χ1v) is 15.6. The van der Waals surface area contributed by atoms with E-state index in [-0.39, 0.29) is 0 Å². The number of nitrogens with zero attached hydrogens (tertiary/aromatic N) is 3. The number of aryl methyl sites for hydroxylation is 6. The number of carboxylic acids is 1. The van der Waals surface area contributed by atoms with Crippen LogP contribution in [-0.2, 0) is 31.4 Å². The van der Waals surface area contributed by atoms with E-state index in [1.807, 2.05) is 61.3 Å². The molecule has 43 heavy (non-hydrogen) atoms. The first-order valence-electron chi connectivity index (χ1n) is 15.3. The number of aromatic nitrogens is 3. The number of para-hydroxylation sites is 1. The van der Waals surface area contributed by atoms with Gasteiger partial charge < -0.3 is 24.5 Å². The van der Waals surface area contributed by atoms with Gasteiger partial charge in [-0.05, 0) is 88.4 Å². The van der Waals surface area contributed by atoms with Crippen LogP contribution >= 0.6 is 11.6 Å². The van der Waals surface area contributed by atoms with E-state index in [0.717, 1.165) is 86.8 Å². The lowest BCUT2D eigenvalue weighted by molar-refractivity contribution is 0.0683. The Kier molecular flexibility index (Phi) is 11.3. The molecule has 3 heterocycles. The van der Waals surface area contributed by atoms with Gasteiger partial charge in [0.05, 0.1) is 30.1 Å². The number of fused-ring (bicyclic) bond motifs is 2. The smallest absolute Gasteiger partial charge is 0.352 e. The Hall–Kier alpha value is -3.33. The molecule has 0 spiro atoms. The first kappa shape index (κ1) is 32.6. The van der Waals surface area contributed by atoms with E-state index in [4.69, 9.17) is 21.1 Å². The minimum Gasteiger partial charge on any atom is -0.494 e. The van der Waals surface area contributed by atoms with E-state index in [1.165, 1.54) is 0 Å². The minimum atomic E-state index is -0.902. The summed E-state index contributed by atoms with van der Waals surface area (Å²) in [6, 6.07) is 10.0. The fraction of sp³-hybridized carbons (Fsp3) is 0.471. The second-order valence-electron chi connectivity index (χ2n) is 11.1. The van der Waals surface area contributed by atoms with Crippen LogP contribution in [0.1, 0.15) is 71.7 Å². The van der Waals surface area contributed by atoms with Crippen LogP contribution in [0.2, 0.25) is 5.02 Å². The summed E-state index contributed by atoms with van der Waals surface area (Å²) in [7, 11) is 1.94. The molecular formula is C34H45ClN4O4.